The smallest absolute Gasteiger partial charge is 0.131 e. The van der Waals surface area contributed by atoms with E-state index in [4.69, 9.17) is 0 Å². The average Bonchev–Trinajstić information content (AvgIpc) is 2.68. The molecule has 0 saturated heterocycles. The van der Waals surface area contributed by atoms with E-state index in [1.807, 2.05) is 0 Å². The molecule has 2 nitrogen and oxygen atoms in total. The Labute approximate surface area is 157 Å². The second kappa shape index (κ2) is 8.71. The molecule has 0 aliphatic heterocycles. The number of hydrogen-bond donors (Lipinski definition) is 1. The number of hydrogen-bond acceptors (Lipinski definition) is 2. The Bertz CT molecular complexity index is 863. The van der Waals surface area contributed by atoms with Gasteiger partial charge in [0.2, 0.25) is 0 Å². The van der Waals surface area contributed by atoms with Gasteiger partial charge in [0.1, 0.15) is 17.5 Å². The van der Waals surface area contributed by atoms with E-state index in [2.05, 4.69) is 23.1 Å². The summed E-state index contributed by atoms with van der Waals surface area (Å²) in [5.74, 6) is -1.55. The summed E-state index contributed by atoms with van der Waals surface area (Å²) in [5.41, 5.74) is 2.91. The van der Waals surface area contributed by atoms with Crippen LogP contribution in [0, 0.1) is 17.5 Å². The third-order valence-corrected chi connectivity index (χ3v) is 4.63. The SMILES string of the molecule is C=N/C(=C(\NCc1c(F)cccc1F)C1=CCCCC1)c1ccc(F)cc1. The average molecular weight is 370 g/mol. The molecule has 0 amide bonds. The maximum atomic E-state index is 14.0. The first-order valence-electron chi connectivity index (χ1n) is 8.93. The monoisotopic (exact) mass is 370 g/mol. The lowest BCUT2D eigenvalue weighted by Gasteiger charge is -2.21. The number of halogens is 3. The van der Waals surface area contributed by atoms with Crippen LogP contribution in [-0.4, -0.2) is 6.72 Å². The molecule has 3 rings (SSSR count). The Balaban J connectivity index is 2.01. The molecule has 0 fully saturated rings. The lowest BCUT2D eigenvalue weighted by atomic mass is 9.94. The van der Waals surface area contributed by atoms with Crippen molar-refractivity contribution in [1.29, 1.82) is 0 Å². The van der Waals surface area contributed by atoms with Crippen molar-refractivity contribution in [2.45, 2.75) is 32.2 Å². The minimum atomic E-state index is -0.602. The topological polar surface area (TPSA) is 24.4 Å². The molecular formula is C22H21F3N2. The standard InChI is InChI=1S/C22H21F3N2/c1-26-21(16-10-12-17(23)13-11-16)22(15-6-3-2-4-7-15)27-14-18-19(24)8-5-9-20(18)25/h5-6,8-13,27H,1-4,7,14H2/b22-21-. The van der Waals surface area contributed by atoms with E-state index in [1.54, 1.807) is 12.1 Å². The molecule has 0 radical (unpaired) electrons. The number of benzene rings is 2. The lowest BCUT2D eigenvalue weighted by molar-refractivity contribution is 0.546. The van der Waals surface area contributed by atoms with Gasteiger partial charge in [-0.1, -0.05) is 12.1 Å². The van der Waals surface area contributed by atoms with Crippen LogP contribution in [0.4, 0.5) is 13.2 Å². The van der Waals surface area contributed by atoms with Crippen molar-refractivity contribution in [2.75, 3.05) is 0 Å². The first kappa shape index (κ1) is 19.0. The van der Waals surface area contributed by atoms with Crippen LogP contribution in [0.2, 0.25) is 0 Å². The molecule has 0 heterocycles. The van der Waals surface area contributed by atoms with Crippen molar-refractivity contribution in [3.63, 3.8) is 0 Å². The van der Waals surface area contributed by atoms with Gasteiger partial charge in [-0.05, 0) is 74.4 Å². The van der Waals surface area contributed by atoms with Gasteiger partial charge in [0, 0.05) is 17.7 Å². The Kier molecular flexibility index (Phi) is 6.12. The van der Waals surface area contributed by atoms with Gasteiger partial charge in [-0.15, -0.1) is 0 Å². The minimum Gasteiger partial charge on any atom is -0.379 e. The second-order valence-electron chi connectivity index (χ2n) is 6.42. The van der Waals surface area contributed by atoms with Crippen LogP contribution in [0.25, 0.3) is 5.70 Å². The van der Waals surface area contributed by atoms with Crippen LogP contribution in [0.5, 0.6) is 0 Å². The zero-order valence-electron chi connectivity index (χ0n) is 14.9. The summed E-state index contributed by atoms with van der Waals surface area (Å²) >= 11 is 0. The highest BCUT2D eigenvalue weighted by molar-refractivity contribution is 5.73. The molecule has 0 atom stereocenters. The van der Waals surface area contributed by atoms with Gasteiger partial charge in [-0.3, -0.25) is 4.99 Å². The molecule has 2 aromatic carbocycles. The van der Waals surface area contributed by atoms with Crippen molar-refractivity contribution in [1.82, 2.24) is 5.32 Å². The molecule has 0 aromatic heterocycles. The van der Waals surface area contributed by atoms with Gasteiger partial charge in [-0.25, -0.2) is 13.2 Å². The molecule has 5 heteroatoms. The molecule has 1 N–H and O–H groups in total. The van der Waals surface area contributed by atoms with E-state index in [-0.39, 0.29) is 17.9 Å². The van der Waals surface area contributed by atoms with Gasteiger partial charge < -0.3 is 5.32 Å². The highest BCUT2D eigenvalue weighted by atomic mass is 19.1. The zero-order valence-corrected chi connectivity index (χ0v) is 14.9. The summed E-state index contributed by atoms with van der Waals surface area (Å²) in [6.45, 7) is 3.63. The maximum absolute atomic E-state index is 14.0. The van der Waals surface area contributed by atoms with Gasteiger partial charge in [0.15, 0.2) is 0 Å². The van der Waals surface area contributed by atoms with Crippen molar-refractivity contribution in [2.24, 2.45) is 4.99 Å². The van der Waals surface area contributed by atoms with Crippen LogP contribution in [0.1, 0.15) is 36.8 Å². The summed E-state index contributed by atoms with van der Waals surface area (Å²) in [5, 5.41) is 3.16. The fourth-order valence-electron chi connectivity index (χ4n) is 3.21. The number of rotatable bonds is 6. The molecular weight excluding hydrogens is 349 g/mol. The Morgan fingerprint density at radius 2 is 1.70 bits per heavy atom. The first-order chi connectivity index (χ1) is 13.1. The quantitative estimate of drug-likeness (QED) is 0.642. The molecule has 0 bridgehead atoms. The zero-order chi connectivity index (χ0) is 19.2. The number of nitrogens with zero attached hydrogens (tertiary/aromatic N) is 1. The van der Waals surface area contributed by atoms with Gasteiger partial charge >= 0.3 is 0 Å². The highest BCUT2D eigenvalue weighted by Gasteiger charge is 2.17. The molecule has 1 aliphatic carbocycles. The summed E-state index contributed by atoms with van der Waals surface area (Å²) in [6, 6.07) is 9.74. The van der Waals surface area contributed by atoms with E-state index < -0.39 is 11.6 Å². The van der Waals surface area contributed by atoms with Crippen molar-refractivity contribution in [3.8, 4) is 0 Å². The number of aliphatic imine (C=N–C) groups is 1. The van der Waals surface area contributed by atoms with Crippen molar-refractivity contribution >= 4 is 12.4 Å². The lowest BCUT2D eigenvalue weighted by Crippen LogP contribution is -2.19. The van der Waals surface area contributed by atoms with E-state index in [9.17, 15) is 13.2 Å². The van der Waals surface area contributed by atoms with Crippen molar-refractivity contribution < 1.29 is 13.2 Å². The minimum absolute atomic E-state index is 0.0224. The van der Waals surface area contributed by atoms with Gasteiger partial charge in [-0.2, -0.15) is 0 Å². The normalized spacial score (nSPS) is 15.0. The fraction of sp³-hybridized carbons (Fsp3) is 0.227. The van der Waals surface area contributed by atoms with E-state index in [0.717, 1.165) is 31.3 Å². The summed E-state index contributed by atoms with van der Waals surface area (Å²) in [6.07, 6.45) is 6.01. The summed E-state index contributed by atoms with van der Waals surface area (Å²) in [4.78, 5) is 4.14. The Morgan fingerprint density at radius 1 is 1.00 bits per heavy atom. The van der Waals surface area contributed by atoms with Crippen LogP contribution >= 0.6 is 0 Å². The molecule has 140 valence electrons. The second-order valence-corrected chi connectivity index (χ2v) is 6.42. The van der Waals surface area contributed by atoms with E-state index >= 15 is 0 Å². The summed E-state index contributed by atoms with van der Waals surface area (Å²) in [7, 11) is 0. The van der Waals surface area contributed by atoms with Crippen LogP contribution in [-0.2, 0) is 6.54 Å². The molecule has 1 aliphatic rings. The van der Waals surface area contributed by atoms with Gasteiger partial charge in [0.25, 0.3) is 0 Å². The van der Waals surface area contributed by atoms with Crippen LogP contribution in [0.15, 0.2) is 64.8 Å². The van der Waals surface area contributed by atoms with Crippen molar-refractivity contribution in [3.05, 3.63) is 88.4 Å². The third-order valence-electron chi connectivity index (χ3n) is 4.63. The number of allylic oxidation sites excluding steroid dienone is 2. The van der Waals surface area contributed by atoms with Gasteiger partial charge in [0.05, 0.1) is 11.4 Å². The van der Waals surface area contributed by atoms with Crippen LogP contribution < -0.4 is 5.32 Å². The molecule has 2 aromatic rings. The maximum Gasteiger partial charge on any atom is 0.131 e. The molecule has 0 spiro atoms. The molecule has 27 heavy (non-hydrogen) atoms. The number of nitrogens with one attached hydrogen (secondary N) is 1. The predicted octanol–water partition coefficient (Wildman–Crippen LogP) is 5.76. The Morgan fingerprint density at radius 3 is 2.30 bits per heavy atom. The largest absolute Gasteiger partial charge is 0.379 e. The first-order valence-corrected chi connectivity index (χ1v) is 8.93. The predicted molar refractivity (Wildman–Crippen MR) is 103 cm³/mol. The Hall–Kier alpha value is -2.82. The summed E-state index contributed by atoms with van der Waals surface area (Å²) < 4.78 is 41.3. The third kappa shape index (κ3) is 4.48. The van der Waals surface area contributed by atoms with E-state index in [0.29, 0.717) is 17.0 Å². The van der Waals surface area contributed by atoms with Crippen LogP contribution in [0.3, 0.4) is 0 Å². The molecule has 0 unspecified atom stereocenters. The van der Waals surface area contributed by atoms with E-state index in [1.165, 1.54) is 30.3 Å². The highest BCUT2D eigenvalue weighted by Crippen LogP contribution is 2.30. The fourth-order valence-corrected chi connectivity index (χ4v) is 3.21. The molecule has 0 saturated carbocycles.